The molecule has 26 heavy (non-hydrogen) atoms. The van der Waals surface area contributed by atoms with Gasteiger partial charge in [0.1, 0.15) is 0 Å². The first-order chi connectivity index (χ1) is 12.6. The molecular formula is C19H19N5O2. The van der Waals surface area contributed by atoms with E-state index in [0.717, 1.165) is 16.6 Å². The number of oxime groups is 1. The maximum absolute atomic E-state index is 11.8. The van der Waals surface area contributed by atoms with E-state index in [4.69, 9.17) is 4.84 Å². The number of hydrogen-bond donors (Lipinski definition) is 1. The van der Waals surface area contributed by atoms with Gasteiger partial charge in [0, 0.05) is 7.05 Å². The van der Waals surface area contributed by atoms with E-state index in [0.29, 0.717) is 11.5 Å². The number of para-hydroxylation sites is 2. The molecule has 3 rings (SSSR count). The molecule has 0 spiro atoms. The number of carbonyl (C=O) groups is 1. The minimum atomic E-state index is -0.398. The number of fused-ring (bicyclic) bond motifs is 1. The van der Waals surface area contributed by atoms with Crippen LogP contribution < -0.4 is 5.43 Å². The standard InChI is InChI=1S/C19H19N5O2/c1-14(15-8-4-3-5-9-15)23-26-13-19(25)22-20-12-18-21-16-10-6-7-11-17(16)24(18)2/h3-12H,13H2,1-2H3,(H,22,25)/b20-12+,23-14-. The number of amides is 1. The summed E-state index contributed by atoms with van der Waals surface area (Å²) in [5.74, 6) is 0.245. The SMILES string of the molecule is C/C(=N/OCC(=O)N/N=C/c1nc2ccccc2n1C)c1ccccc1. The molecule has 0 atom stereocenters. The number of hydrogen-bond acceptors (Lipinski definition) is 5. The molecule has 1 amide bonds. The lowest BCUT2D eigenvalue weighted by Crippen LogP contribution is -2.22. The molecule has 0 aliphatic carbocycles. The highest BCUT2D eigenvalue weighted by atomic mass is 16.6. The van der Waals surface area contributed by atoms with Crippen LogP contribution in [-0.4, -0.2) is 34.0 Å². The van der Waals surface area contributed by atoms with Gasteiger partial charge in [-0.15, -0.1) is 0 Å². The Balaban J connectivity index is 1.52. The van der Waals surface area contributed by atoms with Crippen LogP contribution in [-0.2, 0) is 16.7 Å². The summed E-state index contributed by atoms with van der Waals surface area (Å²) in [6, 6.07) is 17.4. The summed E-state index contributed by atoms with van der Waals surface area (Å²) in [6.45, 7) is 1.60. The molecule has 0 aliphatic heterocycles. The van der Waals surface area contributed by atoms with E-state index in [1.807, 2.05) is 73.1 Å². The second kappa shape index (κ2) is 8.06. The van der Waals surface area contributed by atoms with Gasteiger partial charge in [0.25, 0.3) is 5.91 Å². The Morgan fingerprint density at radius 1 is 1.19 bits per heavy atom. The van der Waals surface area contributed by atoms with Gasteiger partial charge in [0.2, 0.25) is 0 Å². The lowest BCUT2D eigenvalue weighted by molar-refractivity contribution is -0.125. The van der Waals surface area contributed by atoms with Gasteiger partial charge in [-0.05, 0) is 24.6 Å². The average molecular weight is 349 g/mol. The highest BCUT2D eigenvalue weighted by Crippen LogP contribution is 2.12. The van der Waals surface area contributed by atoms with E-state index in [1.165, 1.54) is 6.21 Å². The second-order valence-corrected chi connectivity index (χ2v) is 5.63. The van der Waals surface area contributed by atoms with Gasteiger partial charge in [0.05, 0.1) is 23.0 Å². The quantitative estimate of drug-likeness (QED) is 0.548. The Bertz CT molecular complexity index is 960. The fourth-order valence-corrected chi connectivity index (χ4v) is 2.39. The normalized spacial score (nSPS) is 11.8. The van der Waals surface area contributed by atoms with Crippen molar-refractivity contribution in [3.63, 3.8) is 0 Å². The predicted octanol–water partition coefficient (Wildman–Crippen LogP) is 2.46. The number of nitrogens with zero attached hydrogens (tertiary/aromatic N) is 4. The highest BCUT2D eigenvalue weighted by Gasteiger charge is 2.05. The Labute approximate surface area is 151 Å². The Morgan fingerprint density at radius 2 is 1.92 bits per heavy atom. The van der Waals surface area contributed by atoms with Gasteiger partial charge in [0.15, 0.2) is 12.4 Å². The van der Waals surface area contributed by atoms with Crippen LogP contribution in [0, 0.1) is 0 Å². The molecule has 0 unspecified atom stereocenters. The van der Waals surface area contributed by atoms with Crippen molar-refractivity contribution in [2.75, 3.05) is 6.61 Å². The third-order valence-corrected chi connectivity index (χ3v) is 3.78. The number of carbonyl (C=O) groups excluding carboxylic acids is 1. The minimum Gasteiger partial charge on any atom is -0.385 e. The summed E-state index contributed by atoms with van der Waals surface area (Å²) in [5.41, 5.74) is 5.90. The van der Waals surface area contributed by atoms with Crippen molar-refractivity contribution in [3.05, 3.63) is 66.0 Å². The summed E-state index contributed by atoms with van der Waals surface area (Å²) < 4.78 is 1.90. The fraction of sp³-hybridized carbons (Fsp3) is 0.158. The Morgan fingerprint density at radius 3 is 2.69 bits per heavy atom. The summed E-state index contributed by atoms with van der Waals surface area (Å²) in [4.78, 5) is 21.3. The minimum absolute atomic E-state index is 0.218. The van der Waals surface area contributed by atoms with E-state index < -0.39 is 5.91 Å². The molecule has 0 radical (unpaired) electrons. The molecule has 2 aromatic carbocycles. The van der Waals surface area contributed by atoms with Crippen LogP contribution in [0.5, 0.6) is 0 Å². The van der Waals surface area contributed by atoms with E-state index in [1.54, 1.807) is 0 Å². The first-order valence-electron chi connectivity index (χ1n) is 8.10. The van der Waals surface area contributed by atoms with E-state index in [2.05, 4.69) is 20.7 Å². The molecule has 132 valence electrons. The smallest absolute Gasteiger partial charge is 0.280 e. The van der Waals surface area contributed by atoms with Gasteiger partial charge in [-0.2, -0.15) is 5.10 Å². The third-order valence-electron chi connectivity index (χ3n) is 3.78. The van der Waals surface area contributed by atoms with Crippen molar-refractivity contribution in [3.8, 4) is 0 Å². The number of hydrazone groups is 1. The predicted molar refractivity (Wildman–Crippen MR) is 101 cm³/mol. The van der Waals surface area contributed by atoms with Crippen LogP contribution in [0.3, 0.4) is 0 Å². The maximum Gasteiger partial charge on any atom is 0.280 e. The van der Waals surface area contributed by atoms with Gasteiger partial charge >= 0.3 is 0 Å². The van der Waals surface area contributed by atoms with Crippen LogP contribution >= 0.6 is 0 Å². The lowest BCUT2D eigenvalue weighted by atomic mass is 10.1. The summed E-state index contributed by atoms with van der Waals surface area (Å²) >= 11 is 0. The number of nitrogens with one attached hydrogen (secondary N) is 1. The zero-order valence-corrected chi connectivity index (χ0v) is 14.6. The average Bonchev–Trinajstić information content (AvgIpc) is 2.98. The van der Waals surface area contributed by atoms with Crippen molar-refractivity contribution < 1.29 is 9.63 Å². The van der Waals surface area contributed by atoms with Crippen molar-refractivity contribution in [1.82, 2.24) is 15.0 Å². The molecule has 0 saturated carbocycles. The van der Waals surface area contributed by atoms with E-state index >= 15 is 0 Å². The molecule has 3 aromatic rings. The molecule has 0 saturated heterocycles. The molecule has 0 aliphatic rings. The number of benzene rings is 2. The van der Waals surface area contributed by atoms with Crippen LogP contribution in [0.1, 0.15) is 18.3 Å². The van der Waals surface area contributed by atoms with Gasteiger partial charge in [-0.25, -0.2) is 10.4 Å². The number of imidazole rings is 1. The molecule has 1 N–H and O–H groups in total. The van der Waals surface area contributed by atoms with Crippen molar-refractivity contribution in [2.45, 2.75) is 6.92 Å². The highest BCUT2D eigenvalue weighted by molar-refractivity contribution is 5.98. The van der Waals surface area contributed by atoms with Crippen LogP contribution in [0.2, 0.25) is 0 Å². The van der Waals surface area contributed by atoms with Crippen molar-refractivity contribution in [2.24, 2.45) is 17.3 Å². The molecule has 1 aromatic heterocycles. The van der Waals surface area contributed by atoms with Crippen molar-refractivity contribution in [1.29, 1.82) is 0 Å². The maximum atomic E-state index is 11.8. The first-order valence-corrected chi connectivity index (χ1v) is 8.10. The Hall–Kier alpha value is -3.48. The fourth-order valence-electron chi connectivity index (χ4n) is 2.39. The summed E-state index contributed by atoms with van der Waals surface area (Å²) in [5, 5.41) is 7.85. The monoisotopic (exact) mass is 349 g/mol. The molecule has 0 bridgehead atoms. The molecule has 7 nitrogen and oxygen atoms in total. The first kappa shape index (κ1) is 17.3. The van der Waals surface area contributed by atoms with Crippen LogP contribution in [0.4, 0.5) is 0 Å². The van der Waals surface area contributed by atoms with Crippen molar-refractivity contribution >= 4 is 28.9 Å². The van der Waals surface area contributed by atoms with Gasteiger partial charge in [-0.3, -0.25) is 4.79 Å². The second-order valence-electron chi connectivity index (χ2n) is 5.63. The zero-order valence-electron chi connectivity index (χ0n) is 14.6. The topological polar surface area (TPSA) is 80.9 Å². The van der Waals surface area contributed by atoms with Crippen LogP contribution in [0.15, 0.2) is 64.9 Å². The number of rotatable bonds is 6. The van der Waals surface area contributed by atoms with E-state index in [9.17, 15) is 4.79 Å². The lowest BCUT2D eigenvalue weighted by Gasteiger charge is -2.02. The van der Waals surface area contributed by atoms with Gasteiger partial charge in [-0.1, -0.05) is 47.6 Å². The largest absolute Gasteiger partial charge is 0.385 e. The molecule has 7 heteroatoms. The molecule has 0 fully saturated rings. The number of aromatic nitrogens is 2. The Kier molecular flexibility index (Phi) is 5.38. The summed E-state index contributed by atoms with van der Waals surface area (Å²) in [6.07, 6.45) is 1.50. The molecular weight excluding hydrogens is 330 g/mol. The molecule has 1 heterocycles. The summed E-state index contributed by atoms with van der Waals surface area (Å²) in [7, 11) is 1.89. The number of aryl methyl sites for hydroxylation is 1. The van der Waals surface area contributed by atoms with Gasteiger partial charge < -0.3 is 9.40 Å². The van der Waals surface area contributed by atoms with Crippen LogP contribution in [0.25, 0.3) is 11.0 Å². The van der Waals surface area contributed by atoms with E-state index in [-0.39, 0.29) is 6.61 Å². The third kappa shape index (κ3) is 4.13. The zero-order chi connectivity index (χ0) is 18.4.